The molecule has 0 bridgehead atoms. The lowest BCUT2D eigenvalue weighted by Gasteiger charge is -2.17. The Morgan fingerprint density at radius 2 is 1.82 bits per heavy atom. The number of aryl methyl sites for hydroxylation is 1. The Balaban J connectivity index is 1.31. The van der Waals surface area contributed by atoms with Crippen molar-refractivity contribution in [3.63, 3.8) is 0 Å². The molecule has 148 valence electrons. The van der Waals surface area contributed by atoms with Gasteiger partial charge >= 0.3 is 6.18 Å². The van der Waals surface area contributed by atoms with Gasteiger partial charge in [-0.1, -0.05) is 18.2 Å². The molecule has 2 aromatic carbocycles. The van der Waals surface area contributed by atoms with Gasteiger partial charge in [0, 0.05) is 25.4 Å². The molecule has 0 radical (unpaired) electrons. The van der Waals surface area contributed by atoms with Crippen LogP contribution in [-0.2, 0) is 17.4 Å². The van der Waals surface area contributed by atoms with Crippen LogP contribution >= 0.6 is 0 Å². The SMILES string of the molecule is O=C(CCc1ccc(C(F)(F)F)cc1)N1CC[C@@H](c2ccc3c(c2)OCO3)C1. The van der Waals surface area contributed by atoms with E-state index in [1.165, 1.54) is 12.1 Å². The number of ether oxygens (including phenoxy) is 2. The van der Waals surface area contributed by atoms with Crippen LogP contribution in [0, 0.1) is 0 Å². The first kappa shape index (κ1) is 18.7. The second-order valence-electron chi connectivity index (χ2n) is 7.13. The molecule has 1 fully saturated rings. The minimum Gasteiger partial charge on any atom is -0.454 e. The van der Waals surface area contributed by atoms with E-state index in [1.807, 2.05) is 23.1 Å². The van der Waals surface area contributed by atoms with Gasteiger partial charge in [0.25, 0.3) is 0 Å². The van der Waals surface area contributed by atoms with Crippen LogP contribution in [0.25, 0.3) is 0 Å². The van der Waals surface area contributed by atoms with E-state index in [1.54, 1.807) is 0 Å². The predicted octanol–water partition coefficient (Wildman–Crippen LogP) is 4.38. The van der Waals surface area contributed by atoms with Gasteiger partial charge in [0.15, 0.2) is 11.5 Å². The molecule has 0 spiro atoms. The number of nitrogens with zero attached hydrogens (tertiary/aromatic N) is 1. The standard InChI is InChI=1S/C21H20F3NO3/c22-21(23,24)17-5-1-14(2-6-17)3-8-20(26)25-10-9-16(12-25)15-4-7-18-19(11-15)28-13-27-18/h1-2,4-7,11,16H,3,8-10,12-13H2/t16-/m1/s1. The fourth-order valence-electron chi connectivity index (χ4n) is 3.70. The molecule has 0 unspecified atom stereocenters. The summed E-state index contributed by atoms with van der Waals surface area (Å²) in [5, 5.41) is 0. The molecule has 2 aliphatic heterocycles. The van der Waals surface area contributed by atoms with E-state index in [0.717, 1.165) is 41.2 Å². The second kappa shape index (κ2) is 7.37. The highest BCUT2D eigenvalue weighted by molar-refractivity contribution is 5.77. The van der Waals surface area contributed by atoms with E-state index < -0.39 is 11.7 Å². The lowest BCUT2D eigenvalue weighted by atomic mass is 9.98. The topological polar surface area (TPSA) is 38.8 Å². The van der Waals surface area contributed by atoms with Gasteiger partial charge in [-0.25, -0.2) is 0 Å². The number of alkyl halides is 3. The van der Waals surface area contributed by atoms with Gasteiger partial charge in [-0.2, -0.15) is 13.2 Å². The van der Waals surface area contributed by atoms with Crippen LogP contribution in [0.3, 0.4) is 0 Å². The minimum atomic E-state index is -4.34. The van der Waals surface area contributed by atoms with E-state index in [2.05, 4.69) is 0 Å². The van der Waals surface area contributed by atoms with Crippen molar-refractivity contribution in [3.05, 3.63) is 59.2 Å². The third-order valence-electron chi connectivity index (χ3n) is 5.32. The number of halogens is 3. The smallest absolute Gasteiger partial charge is 0.416 e. The molecule has 2 heterocycles. The summed E-state index contributed by atoms with van der Waals surface area (Å²) < 4.78 is 48.6. The number of likely N-dealkylation sites (tertiary alicyclic amines) is 1. The number of fused-ring (bicyclic) bond motifs is 1. The molecule has 0 N–H and O–H groups in total. The number of benzene rings is 2. The molecule has 2 aromatic rings. The summed E-state index contributed by atoms with van der Waals surface area (Å²) in [5.41, 5.74) is 1.18. The number of hydrogen-bond donors (Lipinski definition) is 0. The maximum absolute atomic E-state index is 12.6. The Morgan fingerprint density at radius 1 is 1.07 bits per heavy atom. The fourth-order valence-corrected chi connectivity index (χ4v) is 3.70. The molecule has 7 heteroatoms. The zero-order chi connectivity index (χ0) is 19.7. The minimum absolute atomic E-state index is 0.0307. The second-order valence-corrected chi connectivity index (χ2v) is 7.13. The number of carbonyl (C=O) groups is 1. The Hall–Kier alpha value is -2.70. The highest BCUT2D eigenvalue weighted by Gasteiger charge is 2.30. The van der Waals surface area contributed by atoms with Crippen molar-refractivity contribution in [1.29, 1.82) is 0 Å². The summed E-state index contributed by atoms with van der Waals surface area (Å²) in [6, 6.07) is 10.9. The maximum Gasteiger partial charge on any atom is 0.416 e. The summed E-state index contributed by atoms with van der Waals surface area (Å²) in [5.74, 6) is 1.77. The largest absolute Gasteiger partial charge is 0.454 e. The monoisotopic (exact) mass is 391 g/mol. The predicted molar refractivity (Wildman–Crippen MR) is 96.3 cm³/mol. The van der Waals surface area contributed by atoms with Crippen molar-refractivity contribution < 1.29 is 27.4 Å². The van der Waals surface area contributed by atoms with Crippen LogP contribution in [0.2, 0.25) is 0 Å². The number of hydrogen-bond acceptors (Lipinski definition) is 3. The Morgan fingerprint density at radius 3 is 2.57 bits per heavy atom. The molecule has 1 amide bonds. The van der Waals surface area contributed by atoms with Crippen LogP contribution in [-0.4, -0.2) is 30.7 Å². The zero-order valence-electron chi connectivity index (χ0n) is 15.2. The number of amides is 1. The summed E-state index contributed by atoms with van der Waals surface area (Å²) in [6.45, 7) is 1.56. The number of rotatable bonds is 4. The van der Waals surface area contributed by atoms with E-state index in [4.69, 9.17) is 9.47 Å². The van der Waals surface area contributed by atoms with Crippen LogP contribution in [0.1, 0.15) is 35.4 Å². The molecule has 0 saturated carbocycles. The van der Waals surface area contributed by atoms with Crippen LogP contribution in [0.5, 0.6) is 11.5 Å². The van der Waals surface area contributed by atoms with Crippen molar-refractivity contribution in [2.75, 3.05) is 19.9 Å². The van der Waals surface area contributed by atoms with E-state index in [-0.39, 0.29) is 18.6 Å². The van der Waals surface area contributed by atoms with Crippen molar-refractivity contribution in [3.8, 4) is 11.5 Å². The van der Waals surface area contributed by atoms with E-state index >= 15 is 0 Å². The molecule has 28 heavy (non-hydrogen) atoms. The van der Waals surface area contributed by atoms with Gasteiger partial charge in [-0.05, 0) is 48.2 Å². The van der Waals surface area contributed by atoms with Crippen molar-refractivity contribution in [1.82, 2.24) is 4.90 Å². The van der Waals surface area contributed by atoms with E-state index in [9.17, 15) is 18.0 Å². The average Bonchev–Trinajstić information content (AvgIpc) is 3.34. The lowest BCUT2D eigenvalue weighted by Crippen LogP contribution is -2.28. The fraction of sp³-hybridized carbons (Fsp3) is 0.381. The highest BCUT2D eigenvalue weighted by atomic mass is 19.4. The molecular formula is C21H20F3NO3. The van der Waals surface area contributed by atoms with Gasteiger partial charge in [0.2, 0.25) is 12.7 Å². The Kier molecular flexibility index (Phi) is 4.91. The van der Waals surface area contributed by atoms with Gasteiger partial charge in [-0.15, -0.1) is 0 Å². The number of carbonyl (C=O) groups excluding carboxylic acids is 1. The van der Waals surface area contributed by atoms with Gasteiger partial charge in [0.1, 0.15) is 0 Å². The molecule has 1 atom stereocenters. The average molecular weight is 391 g/mol. The first-order chi connectivity index (χ1) is 13.4. The quantitative estimate of drug-likeness (QED) is 0.776. The third-order valence-corrected chi connectivity index (χ3v) is 5.32. The molecule has 2 aliphatic rings. The Bertz CT molecular complexity index is 864. The maximum atomic E-state index is 12.6. The van der Waals surface area contributed by atoms with Crippen LogP contribution in [0.15, 0.2) is 42.5 Å². The van der Waals surface area contributed by atoms with Gasteiger partial charge < -0.3 is 14.4 Å². The summed E-state index contributed by atoms with van der Waals surface area (Å²) in [4.78, 5) is 14.3. The summed E-state index contributed by atoms with van der Waals surface area (Å²) >= 11 is 0. The molecular weight excluding hydrogens is 371 g/mol. The molecule has 4 nitrogen and oxygen atoms in total. The van der Waals surface area contributed by atoms with E-state index in [0.29, 0.717) is 25.9 Å². The zero-order valence-corrected chi connectivity index (χ0v) is 15.2. The van der Waals surface area contributed by atoms with Crippen LogP contribution < -0.4 is 9.47 Å². The van der Waals surface area contributed by atoms with Crippen molar-refractivity contribution in [2.24, 2.45) is 0 Å². The first-order valence-corrected chi connectivity index (χ1v) is 9.23. The van der Waals surface area contributed by atoms with Gasteiger partial charge in [-0.3, -0.25) is 4.79 Å². The molecule has 1 saturated heterocycles. The highest BCUT2D eigenvalue weighted by Crippen LogP contribution is 2.37. The van der Waals surface area contributed by atoms with Gasteiger partial charge in [0.05, 0.1) is 5.56 Å². The third kappa shape index (κ3) is 3.93. The normalized spacial score (nSPS) is 18.5. The summed E-state index contributed by atoms with van der Waals surface area (Å²) in [7, 11) is 0. The van der Waals surface area contributed by atoms with Crippen LogP contribution in [0.4, 0.5) is 13.2 Å². The Labute approximate surface area is 160 Å². The molecule has 4 rings (SSSR count). The summed E-state index contributed by atoms with van der Waals surface area (Å²) in [6.07, 6.45) is -2.74. The molecule has 0 aliphatic carbocycles. The lowest BCUT2D eigenvalue weighted by molar-refractivity contribution is -0.137. The van der Waals surface area contributed by atoms with Crippen molar-refractivity contribution in [2.45, 2.75) is 31.4 Å². The molecule has 0 aromatic heterocycles. The van der Waals surface area contributed by atoms with Crippen molar-refractivity contribution >= 4 is 5.91 Å². The first-order valence-electron chi connectivity index (χ1n) is 9.23.